The van der Waals surface area contributed by atoms with Crippen molar-refractivity contribution in [3.05, 3.63) is 54.1 Å². The molecule has 23 heavy (non-hydrogen) atoms. The van der Waals surface area contributed by atoms with Gasteiger partial charge in [-0.3, -0.25) is 4.31 Å². The molecular weight excluding hydrogens is 338 g/mol. The predicted molar refractivity (Wildman–Crippen MR) is 88.7 cm³/mol. The molecule has 0 bridgehead atoms. The largest absolute Gasteiger partial charge is 0.379 e. The van der Waals surface area contributed by atoms with Gasteiger partial charge in [-0.25, -0.2) is 8.42 Å². The normalized spacial score (nSPS) is 12.0. The maximum Gasteiger partial charge on any atom is 0.339 e. The monoisotopic (exact) mass is 355 g/mol. The Labute approximate surface area is 136 Å². The molecule has 0 aliphatic heterocycles. The lowest BCUT2D eigenvalue weighted by Crippen LogP contribution is -2.24. The zero-order chi connectivity index (χ0) is 17.3. The molecule has 124 valence electrons. The van der Waals surface area contributed by atoms with Crippen LogP contribution < -0.4 is 8.49 Å². The second kappa shape index (κ2) is 6.21. The van der Waals surface area contributed by atoms with Crippen LogP contribution in [0.1, 0.15) is 5.56 Å². The molecule has 0 aromatic heterocycles. The van der Waals surface area contributed by atoms with Gasteiger partial charge < -0.3 is 4.18 Å². The molecule has 0 saturated heterocycles. The van der Waals surface area contributed by atoms with Gasteiger partial charge in [-0.15, -0.1) is 0 Å². The highest BCUT2D eigenvalue weighted by molar-refractivity contribution is 7.92. The first-order valence-electron chi connectivity index (χ1n) is 6.65. The molecule has 0 radical (unpaired) electrons. The van der Waals surface area contributed by atoms with E-state index in [9.17, 15) is 16.8 Å². The van der Waals surface area contributed by atoms with E-state index < -0.39 is 20.1 Å². The van der Waals surface area contributed by atoms with Crippen LogP contribution in [-0.4, -0.2) is 30.1 Å². The molecule has 6 nitrogen and oxygen atoms in total. The Kier molecular flexibility index (Phi) is 4.67. The van der Waals surface area contributed by atoms with Crippen LogP contribution in [0, 0.1) is 6.92 Å². The van der Waals surface area contributed by atoms with Gasteiger partial charge >= 0.3 is 10.1 Å². The van der Waals surface area contributed by atoms with Crippen molar-refractivity contribution in [3.63, 3.8) is 0 Å². The molecule has 0 fully saturated rings. The topological polar surface area (TPSA) is 80.8 Å². The fraction of sp³-hybridized carbons (Fsp3) is 0.200. The van der Waals surface area contributed by atoms with Crippen molar-refractivity contribution in [2.75, 3.05) is 17.6 Å². The van der Waals surface area contributed by atoms with Crippen molar-refractivity contribution in [1.29, 1.82) is 0 Å². The van der Waals surface area contributed by atoms with Crippen LogP contribution in [0.2, 0.25) is 0 Å². The summed E-state index contributed by atoms with van der Waals surface area (Å²) < 4.78 is 53.4. The first kappa shape index (κ1) is 17.3. The summed E-state index contributed by atoms with van der Waals surface area (Å²) in [5.41, 5.74) is 1.35. The van der Waals surface area contributed by atoms with Gasteiger partial charge in [-0.2, -0.15) is 8.42 Å². The van der Waals surface area contributed by atoms with Gasteiger partial charge in [0.1, 0.15) is 10.6 Å². The SMILES string of the molecule is Cc1ccc(S(=O)(=O)Oc2ccc(N(C)S(C)(=O)=O)cc2)cc1. The summed E-state index contributed by atoms with van der Waals surface area (Å²) in [5.74, 6) is 0.108. The smallest absolute Gasteiger partial charge is 0.339 e. The van der Waals surface area contributed by atoms with E-state index in [0.717, 1.165) is 16.1 Å². The fourth-order valence-electron chi connectivity index (χ4n) is 1.78. The summed E-state index contributed by atoms with van der Waals surface area (Å²) in [6.07, 6.45) is 1.08. The molecule has 2 aromatic carbocycles. The number of sulfonamides is 1. The van der Waals surface area contributed by atoms with Gasteiger partial charge in [0, 0.05) is 7.05 Å². The Bertz CT molecular complexity index is 886. The lowest BCUT2D eigenvalue weighted by Gasteiger charge is -2.16. The van der Waals surface area contributed by atoms with Crippen LogP contribution in [0.3, 0.4) is 0 Å². The van der Waals surface area contributed by atoms with Gasteiger partial charge in [-0.1, -0.05) is 17.7 Å². The van der Waals surface area contributed by atoms with E-state index in [0.29, 0.717) is 5.69 Å². The second-order valence-corrected chi connectivity index (χ2v) is 8.63. The summed E-state index contributed by atoms with van der Waals surface area (Å²) in [6.45, 7) is 1.86. The lowest BCUT2D eigenvalue weighted by molar-refractivity contribution is 0.486. The van der Waals surface area contributed by atoms with E-state index in [1.165, 1.54) is 43.4 Å². The zero-order valence-electron chi connectivity index (χ0n) is 12.9. The summed E-state index contributed by atoms with van der Waals surface area (Å²) >= 11 is 0. The highest BCUT2D eigenvalue weighted by atomic mass is 32.2. The third-order valence-corrected chi connectivity index (χ3v) is 5.68. The highest BCUT2D eigenvalue weighted by Gasteiger charge is 2.17. The van der Waals surface area contributed by atoms with Crippen molar-refractivity contribution in [1.82, 2.24) is 0 Å². The fourth-order valence-corrected chi connectivity index (χ4v) is 3.22. The van der Waals surface area contributed by atoms with E-state index in [1.54, 1.807) is 12.1 Å². The van der Waals surface area contributed by atoms with Crippen LogP contribution in [0.15, 0.2) is 53.4 Å². The first-order chi connectivity index (χ1) is 10.6. The zero-order valence-corrected chi connectivity index (χ0v) is 14.6. The second-order valence-electron chi connectivity index (χ2n) is 5.07. The molecular formula is C15H17NO5S2. The number of rotatable bonds is 5. The van der Waals surface area contributed by atoms with Gasteiger partial charge in [-0.05, 0) is 43.3 Å². The Hall–Kier alpha value is -2.06. The van der Waals surface area contributed by atoms with Crippen molar-refractivity contribution in [2.24, 2.45) is 0 Å². The molecule has 0 aliphatic rings. The molecule has 0 N–H and O–H groups in total. The number of benzene rings is 2. The van der Waals surface area contributed by atoms with Crippen LogP contribution >= 0.6 is 0 Å². The molecule has 0 aliphatic carbocycles. The maximum absolute atomic E-state index is 12.2. The van der Waals surface area contributed by atoms with E-state index >= 15 is 0 Å². The van der Waals surface area contributed by atoms with Gasteiger partial charge in [0.2, 0.25) is 10.0 Å². The summed E-state index contributed by atoms with van der Waals surface area (Å²) in [7, 11) is -5.89. The number of hydrogen-bond donors (Lipinski definition) is 0. The molecule has 0 saturated carbocycles. The molecule has 2 rings (SSSR count). The van der Waals surface area contributed by atoms with Gasteiger partial charge in [0.05, 0.1) is 11.9 Å². The Morgan fingerprint density at radius 3 is 1.87 bits per heavy atom. The van der Waals surface area contributed by atoms with Crippen LogP contribution in [0.5, 0.6) is 5.75 Å². The lowest BCUT2D eigenvalue weighted by atomic mass is 10.2. The Morgan fingerprint density at radius 1 is 0.870 bits per heavy atom. The van der Waals surface area contributed by atoms with Gasteiger partial charge in [0.25, 0.3) is 0 Å². The average Bonchev–Trinajstić information content (AvgIpc) is 2.46. The van der Waals surface area contributed by atoms with Crippen LogP contribution in [-0.2, 0) is 20.1 Å². The number of aryl methyl sites for hydroxylation is 1. The summed E-state index contributed by atoms with van der Waals surface area (Å²) in [4.78, 5) is 0.0560. The standard InChI is InChI=1S/C15H17NO5S2/c1-12-4-10-15(11-5-12)23(19,20)21-14-8-6-13(7-9-14)16(2)22(3,17)18/h4-11H,1-3H3. The van der Waals surface area contributed by atoms with Crippen molar-refractivity contribution in [3.8, 4) is 5.75 Å². The third kappa shape index (κ3) is 4.23. The Morgan fingerprint density at radius 2 is 1.39 bits per heavy atom. The molecule has 0 amide bonds. The average molecular weight is 355 g/mol. The minimum atomic E-state index is -3.92. The van der Waals surface area contributed by atoms with E-state index in [4.69, 9.17) is 4.18 Å². The first-order valence-corrected chi connectivity index (χ1v) is 9.90. The van der Waals surface area contributed by atoms with E-state index in [1.807, 2.05) is 6.92 Å². The van der Waals surface area contributed by atoms with Crippen molar-refractivity contribution in [2.45, 2.75) is 11.8 Å². The molecule has 0 heterocycles. The Balaban J connectivity index is 2.22. The van der Waals surface area contributed by atoms with E-state index in [2.05, 4.69) is 0 Å². The molecule has 0 unspecified atom stereocenters. The number of anilines is 1. The minimum Gasteiger partial charge on any atom is -0.379 e. The van der Waals surface area contributed by atoms with Crippen molar-refractivity contribution >= 4 is 25.8 Å². The highest BCUT2D eigenvalue weighted by Crippen LogP contribution is 2.23. The molecule has 0 spiro atoms. The molecule has 0 atom stereocenters. The minimum absolute atomic E-state index is 0.0560. The van der Waals surface area contributed by atoms with Crippen LogP contribution in [0.25, 0.3) is 0 Å². The quantitative estimate of drug-likeness (QED) is 0.768. The number of nitrogens with zero attached hydrogens (tertiary/aromatic N) is 1. The van der Waals surface area contributed by atoms with Gasteiger partial charge in [0.15, 0.2) is 0 Å². The molecule has 2 aromatic rings. The third-order valence-electron chi connectivity index (χ3n) is 3.21. The van der Waals surface area contributed by atoms with Crippen molar-refractivity contribution < 1.29 is 21.0 Å². The summed E-state index contributed by atoms with van der Waals surface area (Å²) in [6, 6.07) is 12.1. The number of hydrogen-bond acceptors (Lipinski definition) is 5. The predicted octanol–water partition coefficient (Wildman–Crippen LogP) is 2.16. The van der Waals surface area contributed by atoms with Crippen LogP contribution in [0.4, 0.5) is 5.69 Å². The summed E-state index contributed by atoms with van der Waals surface area (Å²) in [5, 5.41) is 0. The van der Waals surface area contributed by atoms with E-state index in [-0.39, 0.29) is 10.6 Å². The maximum atomic E-state index is 12.2. The molecule has 8 heteroatoms.